The van der Waals surface area contributed by atoms with Gasteiger partial charge in [0.25, 0.3) is 0 Å². The van der Waals surface area contributed by atoms with Gasteiger partial charge in [0, 0.05) is 0 Å². The normalized spacial score (nSPS) is 21.6. The van der Waals surface area contributed by atoms with Crippen molar-refractivity contribution in [2.45, 2.75) is 79.1 Å². The molecule has 0 amide bonds. The second-order valence-corrected chi connectivity index (χ2v) is 6.96. The predicted octanol–water partition coefficient (Wildman–Crippen LogP) is 4.87. The van der Waals surface area contributed by atoms with Crippen molar-refractivity contribution < 1.29 is 9.90 Å². The minimum atomic E-state index is -0.560. The van der Waals surface area contributed by atoms with Crippen LogP contribution in [0.4, 0.5) is 0 Å². The molecule has 18 heavy (non-hydrogen) atoms. The Morgan fingerprint density at radius 2 is 1.72 bits per heavy atom. The van der Waals surface area contributed by atoms with Crippen molar-refractivity contribution in [3.05, 3.63) is 0 Å². The van der Waals surface area contributed by atoms with Crippen LogP contribution in [0.1, 0.15) is 79.1 Å². The lowest BCUT2D eigenvalue weighted by Crippen LogP contribution is -2.49. The minimum Gasteiger partial charge on any atom is -0.481 e. The molecule has 1 atom stereocenters. The Hall–Kier alpha value is -0.530. The molecule has 1 rings (SSSR count). The first-order chi connectivity index (χ1) is 8.36. The van der Waals surface area contributed by atoms with Gasteiger partial charge in [-0.2, -0.15) is 0 Å². The largest absolute Gasteiger partial charge is 0.481 e. The van der Waals surface area contributed by atoms with Gasteiger partial charge in [-0.3, -0.25) is 4.79 Å². The molecule has 1 N–H and O–H groups in total. The molecule has 106 valence electrons. The van der Waals surface area contributed by atoms with Gasteiger partial charge in [0.05, 0.1) is 5.41 Å². The fourth-order valence-electron chi connectivity index (χ4n) is 3.84. The summed E-state index contributed by atoms with van der Waals surface area (Å²) in [5.41, 5.74) is -0.681. The SMILES string of the molecule is CCCCC(C(=O)O)(C1CCCCC1)C(C)(C)C. The van der Waals surface area contributed by atoms with Crippen molar-refractivity contribution in [2.75, 3.05) is 0 Å². The zero-order chi connectivity index (χ0) is 13.8. The number of hydrogen-bond acceptors (Lipinski definition) is 1. The zero-order valence-electron chi connectivity index (χ0n) is 12.6. The van der Waals surface area contributed by atoms with E-state index in [1.807, 2.05) is 0 Å². The molecule has 0 spiro atoms. The van der Waals surface area contributed by atoms with Crippen molar-refractivity contribution >= 4 is 5.97 Å². The van der Waals surface area contributed by atoms with Gasteiger partial charge in [0.2, 0.25) is 0 Å². The van der Waals surface area contributed by atoms with Crippen molar-refractivity contribution in [3.8, 4) is 0 Å². The van der Waals surface area contributed by atoms with Gasteiger partial charge >= 0.3 is 5.97 Å². The number of carboxylic acid groups (broad SMARTS) is 1. The molecular formula is C16H30O2. The molecule has 0 bridgehead atoms. The molecule has 2 nitrogen and oxygen atoms in total. The fourth-order valence-corrected chi connectivity index (χ4v) is 3.84. The quantitative estimate of drug-likeness (QED) is 0.759. The molecule has 1 fully saturated rings. The highest BCUT2D eigenvalue weighted by molar-refractivity contribution is 5.76. The van der Waals surface area contributed by atoms with E-state index in [-0.39, 0.29) is 5.41 Å². The van der Waals surface area contributed by atoms with E-state index >= 15 is 0 Å². The van der Waals surface area contributed by atoms with E-state index in [1.54, 1.807) is 0 Å². The van der Waals surface area contributed by atoms with E-state index in [4.69, 9.17) is 0 Å². The van der Waals surface area contributed by atoms with Gasteiger partial charge in [-0.15, -0.1) is 0 Å². The van der Waals surface area contributed by atoms with E-state index < -0.39 is 11.4 Å². The molecule has 0 aliphatic heterocycles. The van der Waals surface area contributed by atoms with E-state index in [2.05, 4.69) is 27.7 Å². The summed E-state index contributed by atoms with van der Waals surface area (Å²) in [7, 11) is 0. The summed E-state index contributed by atoms with van der Waals surface area (Å²) in [5, 5.41) is 9.94. The second-order valence-electron chi connectivity index (χ2n) is 6.96. The van der Waals surface area contributed by atoms with Crippen LogP contribution >= 0.6 is 0 Å². The minimum absolute atomic E-state index is 0.157. The van der Waals surface area contributed by atoms with E-state index in [9.17, 15) is 9.90 Å². The summed E-state index contributed by atoms with van der Waals surface area (Å²) in [6, 6.07) is 0. The first-order valence-electron chi connectivity index (χ1n) is 7.59. The third kappa shape index (κ3) is 2.89. The summed E-state index contributed by atoms with van der Waals surface area (Å²) in [4.78, 5) is 12.1. The van der Waals surface area contributed by atoms with Crippen molar-refractivity contribution in [2.24, 2.45) is 16.7 Å². The van der Waals surface area contributed by atoms with Crippen molar-refractivity contribution in [3.63, 3.8) is 0 Å². The number of carbonyl (C=O) groups is 1. The third-order valence-corrected chi connectivity index (χ3v) is 4.95. The van der Waals surface area contributed by atoms with Gasteiger partial charge in [0.1, 0.15) is 0 Å². The summed E-state index contributed by atoms with van der Waals surface area (Å²) < 4.78 is 0. The maximum atomic E-state index is 12.1. The Bertz CT molecular complexity index is 271. The fraction of sp³-hybridized carbons (Fsp3) is 0.938. The van der Waals surface area contributed by atoms with Crippen molar-refractivity contribution in [1.82, 2.24) is 0 Å². The smallest absolute Gasteiger partial charge is 0.310 e. The summed E-state index contributed by atoms with van der Waals surface area (Å²) in [5.74, 6) is -0.189. The summed E-state index contributed by atoms with van der Waals surface area (Å²) in [6.07, 6.45) is 8.86. The van der Waals surface area contributed by atoms with E-state index in [0.29, 0.717) is 5.92 Å². The molecule has 1 unspecified atom stereocenters. The molecular weight excluding hydrogens is 224 g/mol. The maximum absolute atomic E-state index is 12.1. The number of aliphatic carboxylic acids is 1. The molecule has 0 aromatic heterocycles. The van der Waals surface area contributed by atoms with Crippen LogP contribution in [0.5, 0.6) is 0 Å². The van der Waals surface area contributed by atoms with Crippen molar-refractivity contribution in [1.29, 1.82) is 0 Å². The van der Waals surface area contributed by atoms with Gasteiger partial charge < -0.3 is 5.11 Å². The van der Waals surface area contributed by atoms with E-state index in [1.165, 1.54) is 19.3 Å². The highest BCUT2D eigenvalue weighted by Gasteiger charge is 2.53. The molecule has 1 aliphatic carbocycles. The molecule has 0 radical (unpaired) electrons. The average molecular weight is 254 g/mol. The van der Waals surface area contributed by atoms with Gasteiger partial charge in [0.15, 0.2) is 0 Å². The Morgan fingerprint density at radius 1 is 1.17 bits per heavy atom. The Labute approximate surface area is 112 Å². The van der Waals surface area contributed by atoms with Gasteiger partial charge in [-0.05, 0) is 30.6 Å². The lowest BCUT2D eigenvalue weighted by atomic mass is 9.54. The second kappa shape index (κ2) is 6.08. The number of hydrogen-bond donors (Lipinski definition) is 1. The average Bonchev–Trinajstić information content (AvgIpc) is 2.29. The summed E-state index contributed by atoms with van der Waals surface area (Å²) in [6.45, 7) is 8.50. The van der Waals surface area contributed by atoms with Crippen LogP contribution in [-0.4, -0.2) is 11.1 Å². The van der Waals surface area contributed by atoms with Crippen LogP contribution in [-0.2, 0) is 4.79 Å². The van der Waals surface area contributed by atoms with Crippen LogP contribution in [0.3, 0.4) is 0 Å². The Morgan fingerprint density at radius 3 is 2.11 bits per heavy atom. The maximum Gasteiger partial charge on any atom is 0.310 e. The van der Waals surface area contributed by atoms with Crippen LogP contribution in [0.15, 0.2) is 0 Å². The van der Waals surface area contributed by atoms with E-state index in [0.717, 1.165) is 32.1 Å². The molecule has 2 heteroatoms. The lowest BCUT2D eigenvalue weighted by Gasteiger charge is -2.48. The Balaban J connectivity index is 3.06. The molecule has 1 saturated carbocycles. The van der Waals surface area contributed by atoms with Crippen LogP contribution in [0.25, 0.3) is 0 Å². The van der Waals surface area contributed by atoms with Gasteiger partial charge in [-0.25, -0.2) is 0 Å². The topological polar surface area (TPSA) is 37.3 Å². The number of rotatable bonds is 5. The highest BCUT2D eigenvalue weighted by Crippen LogP contribution is 2.53. The standard InChI is InChI=1S/C16H30O2/c1-5-6-12-16(14(17)18,15(2,3)4)13-10-8-7-9-11-13/h13H,5-12H2,1-4H3,(H,17,18). The first-order valence-corrected chi connectivity index (χ1v) is 7.59. The number of unbranched alkanes of at least 4 members (excludes halogenated alkanes) is 1. The predicted molar refractivity (Wildman–Crippen MR) is 75.6 cm³/mol. The molecule has 1 aliphatic rings. The lowest BCUT2D eigenvalue weighted by molar-refractivity contribution is -0.165. The molecule has 0 aromatic carbocycles. The Kier molecular flexibility index (Phi) is 5.24. The monoisotopic (exact) mass is 254 g/mol. The molecule has 0 aromatic rings. The highest BCUT2D eigenvalue weighted by atomic mass is 16.4. The zero-order valence-corrected chi connectivity index (χ0v) is 12.6. The number of carboxylic acids is 1. The molecule has 0 saturated heterocycles. The summed E-state index contributed by atoms with van der Waals surface area (Å²) >= 11 is 0. The van der Waals surface area contributed by atoms with Gasteiger partial charge in [-0.1, -0.05) is 59.8 Å². The van der Waals surface area contributed by atoms with Crippen LogP contribution in [0, 0.1) is 16.7 Å². The van der Waals surface area contributed by atoms with Crippen LogP contribution < -0.4 is 0 Å². The first kappa shape index (κ1) is 15.5. The van der Waals surface area contributed by atoms with Crippen LogP contribution in [0.2, 0.25) is 0 Å². The molecule has 0 heterocycles. The third-order valence-electron chi connectivity index (χ3n) is 4.95.